The lowest BCUT2D eigenvalue weighted by atomic mass is 10.0. The van der Waals surface area contributed by atoms with E-state index in [1.54, 1.807) is 6.07 Å². The first-order valence-corrected chi connectivity index (χ1v) is 12.6. The summed E-state index contributed by atoms with van der Waals surface area (Å²) in [6.45, 7) is 6.39. The molecule has 36 heavy (non-hydrogen) atoms. The standard InChI is InChI=1S/C27H33N5O4/c1-4-12-32-23-22(26(35)31-27(32)36)20(14-21(30-23)16(2)3)25(34)28-15-17-8-7-11-19(13-17)29-24(33)18-9-5-6-10-18/h7-8,11,13-14,16,18H,4-6,9-10,12,15H2,1-3H3,(H,28,34)(H,29,33)(H,31,35,36). The zero-order valence-electron chi connectivity index (χ0n) is 21.0. The molecule has 0 bridgehead atoms. The molecule has 9 nitrogen and oxygen atoms in total. The molecule has 1 fully saturated rings. The van der Waals surface area contributed by atoms with E-state index in [1.807, 2.05) is 45.0 Å². The van der Waals surface area contributed by atoms with Gasteiger partial charge in [0, 0.05) is 30.4 Å². The van der Waals surface area contributed by atoms with Crippen LogP contribution in [0.4, 0.5) is 5.69 Å². The number of anilines is 1. The van der Waals surface area contributed by atoms with Crippen molar-refractivity contribution in [1.29, 1.82) is 0 Å². The SMILES string of the molecule is CCCn1c(=O)[nH]c(=O)c2c(C(=O)NCc3cccc(NC(=O)C4CCCC4)c3)cc(C(C)C)nc21. The van der Waals surface area contributed by atoms with E-state index in [1.165, 1.54) is 4.57 Å². The second kappa shape index (κ2) is 10.9. The Morgan fingerprint density at radius 2 is 1.92 bits per heavy atom. The lowest BCUT2D eigenvalue weighted by molar-refractivity contribution is -0.119. The quantitative estimate of drug-likeness (QED) is 0.443. The van der Waals surface area contributed by atoms with E-state index in [9.17, 15) is 19.2 Å². The van der Waals surface area contributed by atoms with Gasteiger partial charge in [0.05, 0.1) is 10.9 Å². The van der Waals surface area contributed by atoms with Gasteiger partial charge >= 0.3 is 5.69 Å². The lowest BCUT2D eigenvalue weighted by Gasteiger charge is -2.15. The molecule has 2 aromatic heterocycles. The summed E-state index contributed by atoms with van der Waals surface area (Å²) in [4.78, 5) is 57.9. The Labute approximate surface area is 209 Å². The molecule has 0 unspecified atom stereocenters. The van der Waals surface area contributed by atoms with E-state index in [0.717, 1.165) is 31.2 Å². The first-order valence-electron chi connectivity index (χ1n) is 12.6. The van der Waals surface area contributed by atoms with Crippen LogP contribution in [0.2, 0.25) is 0 Å². The minimum absolute atomic E-state index is 0.00873. The van der Waals surface area contributed by atoms with Crippen LogP contribution in [0, 0.1) is 5.92 Å². The summed E-state index contributed by atoms with van der Waals surface area (Å²) in [7, 11) is 0. The van der Waals surface area contributed by atoms with Crippen LogP contribution < -0.4 is 21.9 Å². The molecule has 2 heterocycles. The number of hydrogen-bond acceptors (Lipinski definition) is 5. The molecular weight excluding hydrogens is 458 g/mol. The fourth-order valence-corrected chi connectivity index (χ4v) is 4.67. The Bertz CT molecular complexity index is 1400. The van der Waals surface area contributed by atoms with E-state index >= 15 is 0 Å². The third kappa shape index (κ3) is 5.40. The fraction of sp³-hybridized carbons (Fsp3) is 0.444. The topological polar surface area (TPSA) is 126 Å². The maximum atomic E-state index is 13.3. The van der Waals surface area contributed by atoms with Crippen molar-refractivity contribution >= 4 is 28.5 Å². The Morgan fingerprint density at radius 3 is 2.61 bits per heavy atom. The van der Waals surface area contributed by atoms with Crippen molar-refractivity contribution in [3.05, 3.63) is 68.0 Å². The maximum absolute atomic E-state index is 13.3. The van der Waals surface area contributed by atoms with Crippen LogP contribution >= 0.6 is 0 Å². The molecule has 0 saturated heterocycles. The van der Waals surface area contributed by atoms with E-state index in [0.29, 0.717) is 24.3 Å². The summed E-state index contributed by atoms with van der Waals surface area (Å²) in [5.41, 5.74) is 1.36. The summed E-state index contributed by atoms with van der Waals surface area (Å²) in [5, 5.41) is 5.96. The minimum atomic E-state index is -0.632. The Kier molecular flexibility index (Phi) is 7.67. The molecule has 1 aliphatic rings. The highest BCUT2D eigenvalue weighted by atomic mass is 16.2. The van der Waals surface area contributed by atoms with E-state index in [-0.39, 0.29) is 40.9 Å². The second-order valence-electron chi connectivity index (χ2n) is 9.71. The molecule has 1 aromatic carbocycles. The molecule has 190 valence electrons. The number of benzene rings is 1. The molecule has 0 spiro atoms. The maximum Gasteiger partial charge on any atom is 0.329 e. The Balaban J connectivity index is 1.60. The highest BCUT2D eigenvalue weighted by Gasteiger charge is 2.23. The van der Waals surface area contributed by atoms with Crippen LogP contribution in [0.3, 0.4) is 0 Å². The number of nitrogens with zero attached hydrogens (tertiary/aromatic N) is 2. The van der Waals surface area contributed by atoms with E-state index < -0.39 is 17.2 Å². The van der Waals surface area contributed by atoms with Gasteiger partial charge in [0.25, 0.3) is 11.5 Å². The van der Waals surface area contributed by atoms with E-state index in [4.69, 9.17) is 0 Å². The van der Waals surface area contributed by atoms with Crippen LogP contribution in [0.5, 0.6) is 0 Å². The predicted octanol–water partition coefficient (Wildman–Crippen LogP) is 3.68. The second-order valence-corrected chi connectivity index (χ2v) is 9.71. The molecule has 2 amide bonds. The molecular formula is C27H33N5O4. The molecule has 9 heteroatoms. The molecule has 1 aliphatic carbocycles. The normalized spacial score (nSPS) is 13.9. The monoisotopic (exact) mass is 491 g/mol. The fourth-order valence-electron chi connectivity index (χ4n) is 4.67. The molecule has 0 aliphatic heterocycles. The third-order valence-electron chi connectivity index (χ3n) is 6.63. The number of aromatic nitrogens is 3. The highest BCUT2D eigenvalue weighted by Crippen LogP contribution is 2.26. The zero-order valence-corrected chi connectivity index (χ0v) is 21.0. The van der Waals surface area contributed by atoms with Crippen molar-refractivity contribution in [2.75, 3.05) is 5.32 Å². The van der Waals surface area contributed by atoms with Crippen LogP contribution in [0.25, 0.3) is 11.0 Å². The summed E-state index contributed by atoms with van der Waals surface area (Å²) in [6.07, 6.45) is 4.69. The first-order chi connectivity index (χ1) is 17.3. The molecule has 1 saturated carbocycles. The van der Waals surface area contributed by atoms with Gasteiger partial charge in [-0.2, -0.15) is 0 Å². The lowest BCUT2D eigenvalue weighted by Crippen LogP contribution is -2.33. The molecule has 0 atom stereocenters. The average molecular weight is 492 g/mol. The van der Waals surface area contributed by atoms with Gasteiger partial charge in [0.15, 0.2) is 5.65 Å². The minimum Gasteiger partial charge on any atom is -0.348 e. The van der Waals surface area contributed by atoms with Gasteiger partial charge in [-0.3, -0.25) is 23.9 Å². The number of H-pyrrole nitrogens is 1. The van der Waals surface area contributed by atoms with Crippen molar-refractivity contribution in [2.24, 2.45) is 5.92 Å². The zero-order chi connectivity index (χ0) is 25.8. The van der Waals surface area contributed by atoms with Gasteiger partial charge in [-0.1, -0.05) is 45.7 Å². The number of nitrogens with one attached hydrogen (secondary N) is 3. The number of amides is 2. The van der Waals surface area contributed by atoms with Crippen LogP contribution in [0.15, 0.2) is 39.9 Å². The number of fused-ring (bicyclic) bond motifs is 1. The predicted molar refractivity (Wildman–Crippen MR) is 139 cm³/mol. The van der Waals surface area contributed by atoms with Crippen LogP contribution in [0.1, 0.15) is 80.4 Å². The van der Waals surface area contributed by atoms with Crippen molar-refractivity contribution in [3.63, 3.8) is 0 Å². The van der Waals surface area contributed by atoms with Crippen LogP contribution in [-0.2, 0) is 17.9 Å². The highest BCUT2D eigenvalue weighted by molar-refractivity contribution is 6.05. The van der Waals surface area contributed by atoms with Gasteiger partial charge in [0.1, 0.15) is 0 Å². The number of carbonyl (C=O) groups excluding carboxylic acids is 2. The summed E-state index contributed by atoms with van der Waals surface area (Å²) < 4.78 is 1.41. The van der Waals surface area contributed by atoms with Crippen molar-refractivity contribution in [2.45, 2.75) is 71.9 Å². The third-order valence-corrected chi connectivity index (χ3v) is 6.63. The van der Waals surface area contributed by atoms with Crippen LogP contribution in [-0.4, -0.2) is 26.3 Å². The van der Waals surface area contributed by atoms with Gasteiger partial charge in [-0.05, 0) is 48.9 Å². The summed E-state index contributed by atoms with van der Waals surface area (Å²) in [5.74, 6) is -0.343. The number of rotatable bonds is 8. The van der Waals surface area contributed by atoms with Gasteiger partial charge in [-0.25, -0.2) is 9.78 Å². The van der Waals surface area contributed by atoms with E-state index in [2.05, 4.69) is 20.6 Å². The molecule has 4 rings (SSSR count). The number of aromatic amines is 1. The van der Waals surface area contributed by atoms with Gasteiger partial charge in [0.2, 0.25) is 5.91 Å². The largest absolute Gasteiger partial charge is 0.348 e. The number of carbonyl (C=O) groups is 2. The number of hydrogen-bond donors (Lipinski definition) is 3. The Morgan fingerprint density at radius 1 is 1.17 bits per heavy atom. The number of pyridine rings is 1. The average Bonchev–Trinajstić information content (AvgIpc) is 3.40. The molecule has 3 N–H and O–H groups in total. The van der Waals surface area contributed by atoms with Crippen molar-refractivity contribution in [3.8, 4) is 0 Å². The van der Waals surface area contributed by atoms with Gasteiger partial charge in [-0.15, -0.1) is 0 Å². The van der Waals surface area contributed by atoms with Gasteiger partial charge < -0.3 is 10.6 Å². The number of aryl methyl sites for hydroxylation is 1. The summed E-state index contributed by atoms with van der Waals surface area (Å²) in [6, 6.07) is 8.98. The Hall–Kier alpha value is -3.75. The molecule has 3 aromatic rings. The first kappa shape index (κ1) is 25.3. The molecule has 0 radical (unpaired) electrons. The van der Waals surface area contributed by atoms with Crippen molar-refractivity contribution in [1.82, 2.24) is 19.9 Å². The smallest absolute Gasteiger partial charge is 0.329 e. The van der Waals surface area contributed by atoms with Crippen molar-refractivity contribution < 1.29 is 9.59 Å². The summed E-state index contributed by atoms with van der Waals surface area (Å²) >= 11 is 0.